The summed E-state index contributed by atoms with van der Waals surface area (Å²) in [5.41, 5.74) is 7.61. The summed E-state index contributed by atoms with van der Waals surface area (Å²) in [6, 6.07) is 9.18. The molecule has 1 atom stereocenters. The number of esters is 1. The Labute approximate surface area is 149 Å². The highest BCUT2D eigenvalue weighted by atomic mass is 16.5. The van der Waals surface area contributed by atoms with E-state index >= 15 is 0 Å². The number of allylic oxidation sites excluding steroid dienone is 2. The van der Waals surface area contributed by atoms with Gasteiger partial charge in [0, 0.05) is 5.56 Å². The lowest BCUT2D eigenvalue weighted by atomic mass is 9.82. The van der Waals surface area contributed by atoms with Crippen molar-refractivity contribution in [2.24, 2.45) is 5.73 Å². The van der Waals surface area contributed by atoms with E-state index in [-0.39, 0.29) is 23.6 Å². The highest BCUT2D eigenvalue weighted by Crippen LogP contribution is 2.40. The monoisotopic (exact) mass is 352 g/mol. The first-order chi connectivity index (χ1) is 12.6. The summed E-state index contributed by atoms with van der Waals surface area (Å²) in [6.07, 6.45) is 1.23. The van der Waals surface area contributed by atoms with Crippen LogP contribution in [0.2, 0.25) is 0 Å². The summed E-state index contributed by atoms with van der Waals surface area (Å²) in [5, 5.41) is 13.4. The van der Waals surface area contributed by atoms with Crippen LogP contribution in [0, 0.1) is 11.3 Å². The lowest BCUT2D eigenvalue weighted by molar-refractivity contribution is -0.139. The molecule has 3 rings (SSSR count). The van der Waals surface area contributed by atoms with Crippen LogP contribution in [-0.4, -0.2) is 22.7 Å². The summed E-state index contributed by atoms with van der Waals surface area (Å²) in [5.74, 6) is -0.601. The molecule has 2 aromatic rings. The summed E-state index contributed by atoms with van der Waals surface area (Å²) >= 11 is 0. The number of carbonyl (C=O) groups excluding carboxylic acids is 1. The van der Waals surface area contributed by atoms with Crippen molar-refractivity contribution in [1.82, 2.24) is 10.1 Å². The number of carbonyl (C=O) groups is 1. The van der Waals surface area contributed by atoms with Crippen molar-refractivity contribution in [1.29, 1.82) is 5.26 Å². The Morgan fingerprint density at radius 3 is 2.92 bits per heavy atom. The maximum atomic E-state index is 12.5. The maximum Gasteiger partial charge on any atom is 0.338 e. The fourth-order valence-corrected chi connectivity index (χ4v) is 2.84. The molecule has 0 saturated carbocycles. The van der Waals surface area contributed by atoms with Crippen LogP contribution in [0.1, 0.15) is 25.3 Å². The fraction of sp³-hybridized carbons (Fsp3) is 0.222. The molecule has 0 aliphatic carbocycles. The van der Waals surface area contributed by atoms with E-state index in [0.717, 1.165) is 0 Å². The van der Waals surface area contributed by atoms with E-state index in [0.29, 0.717) is 22.7 Å². The van der Waals surface area contributed by atoms with Crippen molar-refractivity contribution < 1.29 is 18.8 Å². The molecular weight excluding hydrogens is 336 g/mol. The number of hydrogen-bond donors (Lipinski definition) is 1. The van der Waals surface area contributed by atoms with Gasteiger partial charge < -0.3 is 19.7 Å². The van der Waals surface area contributed by atoms with Gasteiger partial charge in [-0.2, -0.15) is 10.2 Å². The van der Waals surface area contributed by atoms with Gasteiger partial charge >= 0.3 is 5.97 Å². The molecule has 26 heavy (non-hydrogen) atoms. The quantitative estimate of drug-likeness (QED) is 0.832. The molecule has 132 valence electrons. The Bertz CT molecular complexity index is 938. The van der Waals surface area contributed by atoms with E-state index in [1.54, 1.807) is 38.1 Å². The summed E-state index contributed by atoms with van der Waals surface area (Å²) in [7, 11) is 0. The van der Waals surface area contributed by atoms with E-state index in [1.807, 2.05) is 6.07 Å². The number of nitrogens with two attached hydrogens (primary N) is 1. The van der Waals surface area contributed by atoms with Crippen LogP contribution in [0.25, 0.3) is 11.4 Å². The molecule has 8 heteroatoms. The summed E-state index contributed by atoms with van der Waals surface area (Å²) in [6.45, 7) is 3.52. The van der Waals surface area contributed by atoms with E-state index in [9.17, 15) is 10.1 Å². The Balaban J connectivity index is 2.14. The van der Waals surface area contributed by atoms with E-state index in [2.05, 4.69) is 10.1 Å². The number of rotatable bonds is 4. The topological polar surface area (TPSA) is 124 Å². The van der Waals surface area contributed by atoms with Gasteiger partial charge in [-0.15, -0.1) is 0 Å². The zero-order valence-electron chi connectivity index (χ0n) is 14.2. The molecule has 1 aromatic heterocycles. The number of ether oxygens (including phenoxy) is 2. The van der Waals surface area contributed by atoms with Gasteiger partial charge in [0.2, 0.25) is 18.1 Å². The first-order valence-corrected chi connectivity index (χ1v) is 7.89. The third kappa shape index (κ3) is 3.02. The zero-order chi connectivity index (χ0) is 18.7. The molecule has 1 aliphatic heterocycles. The summed E-state index contributed by atoms with van der Waals surface area (Å²) in [4.78, 5) is 16.5. The molecule has 8 nitrogen and oxygen atoms in total. The lowest BCUT2D eigenvalue weighted by Crippen LogP contribution is -2.25. The van der Waals surface area contributed by atoms with Crippen LogP contribution >= 0.6 is 0 Å². The van der Waals surface area contributed by atoms with Crippen molar-refractivity contribution in [3.63, 3.8) is 0 Å². The first-order valence-electron chi connectivity index (χ1n) is 7.89. The Hall–Kier alpha value is -3.60. The molecule has 0 fully saturated rings. The van der Waals surface area contributed by atoms with Gasteiger partial charge in [0.1, 0.15) is 17.4 Å². The average Bonchev–Trinajstić information content (AvgIpc) is 3.16. The van der Waals surface area contributed by atoms with Gasteiger partial charge in [-0.3, -0.25) is 0 Å². The summed E-state index contributed by atoms with van der Waals surface area (Å²) < 4.78 is 15.3. The largest absolute Gasteiger partial charge is 0.463 e. The van der Waals surface area contributed by atoms with Crippen molar-refractivity contribution in [2.45, 2.75) is 19.8 Å². The number of aromatic nitrogens is 2. The molecule has 0 saturated heterocycles. The van der Waals surface area contributed by atoms with Gasteiger partial charge in [0.05, 0.1) is 18.1 Å². The van der Waals surface area contributed by atoms with Crippen molar-refractivity contribution in [2.75, 3.05) is 6.61 Å². The van der Waals surface area contributed by atoms with E-state index in [1.165, 1.54) is 6.39 Å². The Morgan fingerprint density at radius 1 is 1.46 bits per heavy atom. The maximum absolute atomic E-state index is 12.5. The van der Waals surface area contributed by atoms with Gasteiger partial charge in [-0.05, 0) is 25.5 Å². The molecule has 0 amide bonds. The number of nitrogens with zero attached hydrogens (tertiary/aromatic N) is 3. The highest BCUT2D eigenvalue weighted by Gasteiger charge is 2.36. The van der Waals surface area contributed by atoms with Crippen molar-refractivity contribution in [3.05, 3.63) is 59.0 Å². The minimum absolute atomic E-state index is 0.0342. The van der Waals surface area contributed by atoms with Crippen LogP contribution in [-0.2, 0) is 14.3 Å². The SMILES string of the molecule is CCOC(=O)C1=C(C)OC(N)=C(C#N)C1c1cccc(-c2ncon2)c1. The van der Waals surface area contributed by atoms with Gasteiger partial charge in [-0.1, -0.05) is 23.4 Å². The van der Waals surface area contributed by atoms with Crippen LogP contribution in [0.4, 0.5) is 0 Å². The van der Waals surface area contributed by atoms with Crippen molar-refractivity contribution >= 4 is 5.97 Å². The second kappa shape index (κ2) is 7.11. The molecule has 1 aromatic carbocycles. The molecule has 1 aliphatic rings. The first kappa shape index (κ1) is 17.2. The van der Waals surface area contributed by atoms with Gasteiger partial charge in [0.25, 0.3) is 0 Å². The minimum atomic E-state index is -0.709. The van der Waals surface area contributed by atoms with Gasteiger partial charge in [0.15, 0.2) is 0 Å². The number of nitriles is 1. The lowest BCUT2D eigenvalue weighted by Gasteiger charge is -2.27. The zero-order valence-corrected chi connectivity index (χ0v) is 14.2. The molecule has 2 heterocycles. The van der Waals surface area contributed by atoms with Gasteiger partial charge in [-0.25, -0.2) is 4.79 Å². The Kier molecular flexibility index (Phi) is 4.71. The molecule has 0 spiro atoms. The normalized spacial score (nSPS) is 16.9. The predicted octanol–water partition coefficient (Wildman–Crippen LogP) is 2.38. The fourth-order valence-electron chi connectivity index (χ4n) is 2.84. The van der Waals surface area contributed by atoms with Crippen LogP contribution in [0.15, 0.2) is 58.0 Å². The van der Waals surface area contributed by atoms with E-state index in [4.69, 9.17) is 19.7 Å². The van der Waals surface area contributed by atoms with Crippen LogP contribution in [0.3, 0.4) is 0 Å². The number of hydrogen-bond acceptors (Lipinski definition) is 8. The highest BCUT2D eigenvalue weighted by molar-refractivity contribution is 5.92. The molecule has 1 unspecified atom stereocenters. The smallest absolute Gasteiger partial charge is 0.338 e. The second-order valence-corrected chi connectivity index (χ2v) is 5.50. The average molecular weight is 352 g/mol. The second-order valence-electron chi connectivity index (χ2n) is 5.50. The standard InChI is InChI=1S/C18H16N4O4/c1-3-24-18(23)14-10(2)26-16(20)13(8-19)15(14)11-5-4-6-12(7-11)17-21-9-25-22-17/h4-7,9,15H,3,20H2,1-2H3. The van der Waals surface area contributed by atoms with Crippen molar-refractivity contribution in [3.8, 4) is 17.5 Å². The Morgan fingerprint density at radius 2 is 2.27 bits per heavy atom. The third-order valence-electron chi connectivity index (χ3n) is 3.94. The van der Waals surface area contributed by atoms with Crippen LogP contribution in [0.5, 0.6) is 0 Å². The third-order valence-corrected chi connectivity index (χ3v) is 3.94. The molecule has 0 radical (unpaired) electrons. The predicted molar refractivity (Wildman–Crippen MR) is 89.7 cm³/mol. The molecule has 0 bridgehead atoms. The number of benzene rings is 1. The molecular formula is C18H16N4O4. The van der Waals surface area contributed by atoms with E-state index < -0.39 is 11.9 Å². The van der Waals surface area contributed by atoms with Crippen LogP contribution < -0.4 is 5.73 Å². The molecule has 2 N–H and O–H groups in total. The minimum Gasteiger partial charge on any atom is -0.463 e.